The molecule has 0 saturated heterocycles. The van der Waals surface area contributed by atoms with Gasteiger partial charge in [0.15, 0.2) is 0 Å². The quantitative estimate of drug-likeness (QED) is 0.873. The maximum absolute atomic E-state index is 12.2. The third-order valence-corrected chi connectivity index (χ3v) is 3.06. The minimum atomic E-state index is -0.590. The Morgan fingerprint density at radius 3 is 2.68 bits per heavy atom. The van der Waals surface area contributed by atoms with Gasteiger partial charge < -0.3 is 4.74 Å². The van der Waals surface area contributed by atoms with E-state index in [-0.39, 0.29) is 10.7 Å². The van der Waals surface area contributed by atoms with Gasteiger partial charge in [0, 0.05) is 0 Å². The first-order chi connectivity index (χ1) is 9.06. The van der Waals surface area contributed by atoms with E-state index < -0.39 is 11.2 Å². The van der Waals surface area contributed by atoms with Gasteiger partial charge in [-0.3, -0.25) is 9.78 Å². The number of hydrogen-bond donors (Lipinski definition) is 1. The van der Waals surface area contributed by atoms with Crippen molar-refractivity contribution in [3.05, 3.63) is 55.8 Å². The van der Waals surface area contributed by atoms with E-state index in [0.717, 1.165) is 4.57 Å². The summed E-state index contributed by atoms with van der Waals surface area (Å²) in [5.74, 6) is 0.472. The first-order valence-corrected chi connectivity index (χ1v) is 6.17. The minimum Gasteiger partial charge on any atom is -0.492 e. The topological polar surface area (TPSA) is 64.1 Å². The molecule has 0 aliphatic rings. The molecule has 0 amide bonds. The Morgan fingerprint density at radius 1 is 1.32 bits per heavy atom. The van der Waals surface area contributed by atoms with E-state index in [1.165, 1.54) is 0 Å². The maximum atomic E-state index is 12.2. The summed E-state index contributed by atoms with van der Waals surface area (Å²) in [6.07, 6.45) is 0. The number of H-pyrrole nitrogens is 1. The second kappa shape index (κ2) is 5.32. The van der Waals surface area contributed by atoms with Gasteiger partial charge in [0.25, 0.3) is 5.56 Å². The SMILES string of the molecule is CCOc1ccccc1-n1c(=O)[nH]c(Cl)c(C)c1=O. The van der Waals surface area contributed by atoms with Crippen molar-refractivity contribution in [2.24, 2.45) is 0 Å². The van der Waals surface area contributed by atoms with Crippen LogP contribution in [0.1, 0.15) is 12.5 Å². The van der Waals surface area contributed by atoms with Gasteiger partial charge in [-0.25, -0.2) is 9.36 Å². The highest BCUT2D eigenvalue weighted by Crippen LogP contribution is 2.20. The molecule has 0 bridgehead atoms. The van der Waals surface area contributed by atoms with Crippen LogP contribution < -0.4 is 16.0 Å². The molecule has 5 nitrogen and oxygen atoms in total. The predicted molar refractivity (Wildman–Crippen MR) is 73.6 cm³/mol. The Hall–Kier alpha value is -2.01. The number of aromatic nitrogens is 2. The predicted octanol–water partition coefficient (Wildman–Crippen LogP) is 1.89. The molecule has 2 aromatic rings. The normalized spacial score (nSPS) is 10.5. The van der Waals surface area contributed by atoms with E-state index in [1.54, 1.807) is 31.2 Å². The van der Waals surface area contributed by atoms with Crippen LogP contribution in [0, 0.1) is 6.92 Å². The molecular weight excluding hydrogens is 268 g/mol. The molecule has 0 spiro atoms. The minimum absolute atomic E-state index is 0.0557. The fourth-order valence-electron chi connectivity index (χ4n) is 1.74. The first-order valence-electron chi connectivity index (χ1n) is 5.80. The fourth-order valence-corrected chi connectivity index (χ4v) is 1.90. The molecule has 0 saturated carbocycles. The lowest BCUT2D eigenvalue weighted by Crippen LogP contribution is -2.35. The maximum Gasteiger partial charge on any atom is 0.334 e. The fraction of sp³-hybridized carbons (Fsp3) is 0.231. The van der Waals surface area contributed by atoms with Crippen molar-refractivity contribution in [2.45, 2.75) is 13.8 Å². The smallest absolute Gasteiger partial charge is 0.334 e. The van der Waals surface area contributed by atoms with Crippen LogP contribution in [-0.2, 0) is 0 Å². The zero-order valence-corrected chi connectivity index (χ0v) is 11.3. The second-order valence-corrected chi connectivity index (χ2v) is 4.29. The number of para-hydroxylation sites is 2. The third-order valence-electron chi connectivity index (χ3n) is 2.68. The van der Waals surface area contributed by atoms with Crippen molar-refractivity contribution in [3.63, 3.8) is 0 Å². The van der Waals surface area contributed by atoms with Crippen molar-refractivity contribution in [1.82, 2.24) is 9.55 Å². The van der Waals surface area contributed by atoms with Gasteiger partial charge in [-0.2, -0.15) is 0 Å². The van der Waals surface area contributed by atoms with Gasteiger partial charge in [0.1, 0.15) is 10.9 Å². The summed E-state index contributed by atoms with van der Waals surface area (Å²) in [5, 5.41) is 0.0557. The van der Waals surface area contributed by atoms with Crippen molar-refractivity contribution in [3.8, 4) is 11.4 Å². The summed E-state index contributed by atoms with van der Waals surface area (Å²) in [7, 11) is 0. The Kier molecular flexibility index (Phi) is 3.76. The summed E-state index contributed by atoms with van der Waals surface area (Å²) >= 11 is 5.78. The largest absolute Gasteiger partial charge is 0.492 e. The van der Waals surface area contributed by atoms with Gasteiger partial charge in [-0.05, 0) is 26.0 Å². The number of nitrogens with zero attached hydrogens (tertiary/aromatic N) is 1. The lowest BCUT2D eigenvalue weighted by atomic mass is 10.2. The molecule has 100 valence electrons. The number of benzene rings is 1. The molecule has 19 heavy (non-hydrogen) atoms. The van der Waals surface area contributed by atoms with Gasteiger partial charge >= 0.3 is 5.69 Å². The van der Waals surface area contributed by atoms with E-state index >= 15 is 0 Å². The Balaban J connectivity index is 2.77. The molecule has 0 atom stereocenters. The van der Waals surface area contributed by atoms with Crippen LogP contribution in [0.5, 0.6) is 5.75 Å². The standard InChI is InChI=1S/C13H13ClN2O3/c1-3-19-10-7-5-4-6-9(10)16-12(17)8(2)11(14)15-13(16)18/h4-7H,3H2,1-2H3,(H,15,18). The monoisotopic (exact) mass is 280 g/mol. The highest BCUT2D eigenvalue weighted by Gasteiger charge is 2.13. The van der Waals surface area contributed by atoms with Crippen LogP contribution >= 0.6 is 11.6 Å². The average molecular weight is 281 g/mol. The van der Waals surface area contributed by atoms with Gasteiger partial charge in [-0.15, -0.1) is 0 Å². The zero-order valence-electron chi connectivity index (χ0n) is 10.6. The molecule has 1 N–H and O–H groups in total. The van der Waals surface area contributed by atoms with E-state index in [0.29, 0.717) is 18.0 Å². The van der Waals surface area contributed by atoms with E-state index in [4.69, 9.17) is 16.3 Å². The molecule has 0 aliphatic carbocycles. The van der Waals surface area contributed by atoms with Crippen molar-refractivity contribution >= 4 is 11.6 Å². The van der Waals surface area contributed by atoms with Crippen LogP contribution in [0.25, 0.3) is 5.69 Å². The number of nitrogens with one attached hydrogen (secondary N) is 1. The van der Waals surface area contributed by atoms with Gasteiger partial charge in [0.2, 0.25) is 0 Å². The molecule has 1 heterocycles. The number of ether oxygens (including phenoxy) is 1. The summed E-state index contributed by atoms with van der Waals surface area (Å²) in [6.45, 7) is 3.83. The van der Waals surface area contributed by atoms with Crippen LogP contribution in [0.4, 0.5) is 0 Å². The highest BCUT2D eigenvalue weighted by atomic mass is 35.5. The summed E-state index contributed by atoms with van der Waals surface area (Å²) in [6, 6.07) is 6.85. The number of aromatic amines is 1. The highest BCUT2D eigenvalue weighted by molar-refractivity contribution is 6.30. The van der Waals surface area contributed by atoms with Crippen molar-refractivity contribution in [2.75, 3.05) is 6.61 Å². The molecule has 1 aromatic heterocycles. The zero-order chi connectivity index (χ0) is 14.0. The van der Waals surface area contributed by atoms with Crippen LogP contribution in [0.15, 0.2) is 33.9 Å². The van der Waals surface area contributed by atoms with E-state index in [1.807, 2.05) is 6.92 Å². The van der Waals surface area contributed by atoms with Crippen molar-refractivity contribution < 1.29 is 4.74 Å². The van der Waals surface area contributed by atoms with Gasteiger partial charge in [-0.1, -0.05) is 23.7 Å². The Bertz CT molecular complexity index is 719. The Labute approximate surface area is 114 Å². The van der Waals surface area contributed by atoms with Crippen molar-refractivity contribution in [1.29, 1.82) is 0 Å². The van der Waals surface area contributed by atoms with E-state index in [9.17, 15) is 9.59 Å². The molecule has 1 aromatic carbocycles. The van der Waals surface area contributed by atoms with Crippen LogP contribution in [-0.4, -0.2) is 16.2 Å². The number of rotatable bonds is 3. The Morgan fingerprint density at radius 2 is 2.00 bits per heavy atom. The molecule has 0 unspecified atom stereocenters. The summed E-state index contributed by atoms with van der Waals surface area (Å²) in [4.78, 5) is 26.5. The second-order valence-electron chi connectivity index (χ2n) is 3.91. The summed E-state index contributed by atoms with van der Waals surface area (Å²) < 4.78 is 6.45. The molecule has 2 rings (SSSR count). The summed E-state index contributed by atoms with van der Waals surface area (Å²) in [5.41, 5.74) is -0.364. The molecule has 0 fully saturated rings. The van der Waals surface area contributed by atoms with E-state index in [2.05, 4.69) is 4.98 Å². The first kappa shape index (κ1) is 13.4. The van der Waals surface area contributed by atoms with Crippen LogP contribution in [0.2, 0.25) is 5.15 Å². The number of hydrogen-bond acceptors (Lipinski definition) is 3. The molecule has 6 heteroatoms. The molecule has 0 aliphatic heterocycles. The third kappa shape index (κ3) is 2.42. The average Bonchev–Trinajstić information content (AvgIpc) is 2.38. The molecular formula is C13H13ClN2O3. The molecule has 0 radical (unpaired) electrons. The lowest BCUT2D eigenvalue weighted by Gasteiger charge is -2.11. The van der Waals surface area contributed by atoms with Gasteiger partial charge in [0.05, 0.1) is 17.9 Å². The lowest BCUT2D eigenvalue weighted by molar-refractivity contribution is 0.338. The number of halogens is 1. The van der Waals surface area contributed by atoms with Crippen LogP contribution in [0.3, 0.4) is 0 Å².